The molecule has 0 spiro atoms. The van der Waals surface area contributed by atoms with E-state index in [1.54, 1.807) is 0 Å². The van der Waals surface area contributed by atoms with Gasteiger partial charge in [0, 0.05) is 18.9 Å². The molecule has 0 saturated heterocycles. The van der Waals surface area contributed by atoms with Crippen LogP contribution >= 0.6 is 0 Å². The minimum atomic E-state index is 0.590. The maximum Gasteiger partial charge on any atom is 0.119 e. The van der Waals surface area contributed by atoms with Gasteiger partial charge in [-0.2, -0.15) is 0 Å². The number of benzene rings is 3. The fourth-order valence-electron chi connectivity index (χ4n) is 3.02. The van der Waals surface area contributed by atoms with Gasteiger partial charge in [0.25, 0.3) is 0 Å². The Balaban J connectivity index is 1.45. The van der Waals surface area contributed by atoms with Gasteiger partial charge in [-0.05, 0) is 52.6 Å². The molecule has 3 aromatic carbocycles. The van der Waals surface area contributed by atoms with Gasteiger partial charge in [-0.25, -0.2) is 0 Å². The normalized spacial score (nSPS) is 10.6. The zero-order valence-electron chi connectivity index (χ0n) is 14.6. The van der Waals surface area contributed by atoms with E-state index in [1.165, 1.54) is 22.3 Å². The van der Waals surface area contributed by atoms with E-state index in [9.17, 15) is 0 Å². The van der Waals surface area contributed by atoms with Crippen molar-refractivity contribution in [1.82, 2.24) is 4.57 Å². The van der Waals surface area contributed by atoms with E-state index in [-0.39, 0.29) is 0 Å². The van der Waals surface area contributed by atoms with Crippen LogP contribution in [0.15, 0.2) is 103 Å². The largest absolute Gasteiger partial charge is 0.489 e. The van der Waals surface area contributed by atoms with Gasteiger partial charge in [0.05, 0.1) is 0 Å². The summed E-state index contributed by atoms with van der Waals surface area (Å²) in [5.41, 5.74) is 4.90. The highest BCUT2D eigenvalue weighted by Crippen LogP contribution is 2.24. The molecule has 26 heavy (non-hydrogen) atoms. The smallest absolute Gasteiger partial charge is 0.119 e. The third-order valence-electron chi connectivity index (χ3n) is 4.39. The van der Waals surface area contributed by atoms with E-state index >= 15 is 0 Å². The molecule has 0 fully saturated rings. The van der Waals surface area contributed by atoms with Gasteiger partial charge in [-0.3, -0.25) is 0 Å². The second kappa shape index (κ2) is 7.75. The molecular formula is C24H21NO. The Morgan fingerprint density at radius 2 is 1.35 bits per heavy atom. The lowest BCUT2D eigenvalue weighted by molar-refractivity contribution is 0.306. The molecule has 4 aromatic rings. The maximum atomic E-state index is 5.87. The first-order valence-electron chi connectivity index (χ1n) is 8.84. The number of hydrogen-bond donors (Lipinski definition) is 0. The van der Waals surface area contributed by atoms with Crippen molar-refractivity contribution in [3.63, 3.8) is 0 Å². The Bertz CT molecular complexity index is 941. The van der Waals surface area contributed by atoms with E-state index in [1.807, 2.05) is 30.3 Å². The van der Waals surface area contributed by atoms with E-state index in [4.69, 9.17) is 4.74 Å². The van der Waals surface area contributed by atoms with Crippen LogP contribution in [0.1, 0.15) is 11.1 Å². The van der Waals surface area contributed by atoms with E-state index < -0.39 is 0 Å². The molecule has 0 aliphatic carbocycles. The minimum Gasteiger partial charge on any atom is -0.489 e. The van der Waals surface area contributed by atoms with Crippen LogP contribution in [0.4, 0.5) is 0 Å². The van der Waals surface area contributed by atoms with Crippen LogP contribution in [-0.4, -0.2) is 4.57 Å². The number of rotatable bonds is 6. The van der Waals surface area contributed by atoms with Crippen LogP contribution in [0.25, 0.3) is 11.1 Å². The Morgan fingerprint density at radius 1 is 0.615 bits per heavy atom. The molecule has 2 heteroatoms. The third-order valence-corrected chi connectivity index (χ3v) is 4.39. The highest BCUT2D eigenvalue weighted by Gasteiger charge is 2.02. The lowest BCUT2D eigenvalue weighted by Gasteiger charge is -2.09. The lowest BCUT2D eigenvalue weighted by atomic mass is 10.0. The molecule has 4 rings (SSSR count). The number of aromatic nitrogens is 1. The molecule has 0 atom stereocenters. The fraction of sp³-hybridized carbons (Fsp3) is 0.0833. The SMILES string of the molecule is c1ccc(COc2ccc(-c3cccc(Cn4cccc4)c3)cc2)cc1. The second-order valence-electron chi connectivity index (χ2n) is 6.35. The Morgan fingerprint density at radius 3 is 2.12 bits per heavy atom. The summed E-state index contributed by atoms with van der Waals surface area (Å²) in [5.74, 6) is 0.890. The minimum absolute atomic E-state index is 0.590. The number of ether oxygens (including phenoxy) is 1. The Labute approximate surface area is 154 Å². The summed E-state index contributed by atoms with van der Waals surface area (Å²) in [6, 6.07) is 31.3. The van der Waals surface area contributed by atoms with Crippen LogP contribution in [0.2, 0.25) is 0 Å². The quantitative estimate of drug-likeness (QED) is 0.434. The molecule has 0 unspecified atom stereocenters. The molecule has 0 aliphatic heterocycles. The van der Waals surface area contributed by atoms with Crippen LogP contribution in [0, 0.1) is 0 Å². The van der Waals surface area contributed by atoms with Gasteiger partial charge in [0.2, 0.25) is 0 Å². The molecule has 0 radical (unpaired) electrons. The number of nitrogens with zero attached hydrogens (tertiary/aromatic N) is 1. The predicted octanol–water partition coefficient (Wildman–Crippen LogP) is 5.78. The van der Waals surface area contributed by atoms with Crippen molar-refractivity contribution in [1.29, 1.82) is 0 Å². The summed E-state index contributed by atoms with van der Waals surface area (Å²) in [7, 11) is 0. The van der Waals surface area contributed by atoms with Crippen molar-refractivity contribution in [2.45, 2.75) is 13.2 Å². The van der Waals surface area contributed by atoms with E-state index in [2.05, 4.69) is 77.6 Å². The Hall–Kier alpha value is -3.26. The van der Waals surface area contributed by atoms with Crippen molar-refractivity contribution in [2.75, 3.05) is 0 Å². The van der Waals surface area contributed by atoms with Crippen LogP contribution in [-0.2, 0) is 13.2 Å². The Kier molecular flexibility index (Phi) is 4.83. The van der Waals surface area contributed by atoms with Gasteiger partial charge in [-0.15, -0.1) is 0 Å². The average molecular weight is 339 g/mol. The summed E-state index contributed by atoms with van der Waals surface area (Å²) in [6.07, 6.45) is 4.18. The molecule has 2 nitrogen and oxygen atoms in total. The van der Waals surface area contributed by atoms with E-state index in [0.717, 1.165) is 12.3 Å². The molecule has 0 saturated carbocycles. The van der Waals surface area contributed by atoms with Gasteiger partial charge < -0.3 is 9.30 Å². The molecule has 0 aliphatic rings. The second-order valence-corrected chi connectivity index (χ2v) is 6.35. The van der Waals surface area contributed by atoms with Crippen molar-refractivity contribution in [3.8, 4) is 16.9 Å². The molecular weight excluding hydrogens is 318 g/mol. The fourth-order valence-corrected chi connectivity index (χ4v) is 3.02. The third kappa shape index (κ3) is 4.04. The standard InChI is InChI=1S/C24H21NO/c1-2-7-20(8-3-1)19-26-24-13-11-22(12-14-24)23-10-6-9-21(17-23)18-25-15-4-5-16-25/h1-17H,18-19H2. The first-order valence-corrected chi connectivity index (χ1v) is 8.84. The summed E-state index contributed by atoms with van der Waals surface area (Å²) in [4.78, 5) is 0. The number of hydrogen-bond acceptors (Lipinski definition) is 1. The first kappa shape index (κ1) is 16.2. The lowest BCUT2D eigenvalue weighted by Crippen LogP contribution is -1.96. The highest BCUT2D eigenvalue weighted by molar-refractivity contribution is 5.64. The van der Waals surface area contributed by atoms with Crippen LogP contribution in [0.5, 0.6) is 5.75 Å². The van der Waals surface area contributed by atoms with E-state index in [0.29, 0.717) is 6.61 Å². The monoisotopic (exact) mass is 339 g/mol. The topological polar surface area (TPSA) is 14.2 Å². The van der Waals surface area contributed by atoms with Gasteiger partial charge in [0.15, 0.2) is 0 Å². The zero-order chi connectivity index (χ0) is 17.6. The summed E-state index contributed by atoms with van der Waals surface area (Å²) >= 11 is 0. The van der Waals surface area contributed by atoms with Crippen molar-refractivity contribution in [2.24, 2.45) is 0 Å². The van der Waals surface area contributed by atoms with Gasteiger partial charge in [-0.1, -0.05) is 60.7 Å². The van der Waals surface area contributed by atoms with Gasteiger partial charge >= 0.3 is 0 Å². The van der Waals surface area contributed by atoms with Crippen molar-refractivity contribution in [3.05, 3.63) is 115 Å². The summed E-state index contributed by atoms with van der Waals surface area (Å²) in [6.45, 7) is 1.48. The highest BCUT2D eigenvalue weighted by atomic mass is 16.5. The predicted molar refractivity (Wildman–Crippen MR) is 106 cm³/mol. The summed E-state index contributed by atoms with van der Waals surface area (Å²) < 4.78 is 8.05. The molecule has 0 N–H and O–H groups in total. The average Bonchev–Trinajstić information content (AvgIpc) is 3.21. The molecule has 0 bridgehead atoms. The van der Waals surface area contributed by atoms with Crippen molar-refractivity contribution < 1.29 is 4.74 Å². The molecule has 128 valence electrons. The molecule has 1 heterocycles. The van der Waals surface area contributed by atoms with Crippen LogP contribution in [0.3, 0.4) is 0 Å². The summed E-state index contributed by atoms with van der Waals surface area (Å²) in [5, 5.41) is 0. The van der Waals surface area contributed by atoms with Crippen molar-refractivity contribution >= 4 is 0 Å². The first-order chi connectivity index (χ1) is 12.9. The van der Waals surface area contributed by atoms with Crippen LogP contribution < -0.4 is 4.74 Å². The molecule has 1 aromatic heterocycles. The molecule has 0 amide bonds. The van der Waals surface area contributed by atoms with Gasteiger partial charge in [0.1, 0.15) is 12.4 Å². The zero-order valence-corrected chi connectivity index (χ0v) is 14.6. The maximum absolute atomic E-state index is 5.87.